The molecule has 1 fully saturated rings. The number of thiocarbonyl (C=S) groups is 1. The lowest BCUT2D eigenvalue weighted by Crippen LogP contribution is -2.22. The van der Waals surface area contributed by atoms with Crippen LogP contribution in [0.15, 0.2) is 55.1 Å². The third-order valence-corrected chi connectivity index (χ3v) is 6.64. The van der Waals surface area contributed by atoms with Crippen molar-refractivity contribution in [3.63, 3.8) is 0 Å². The number of imidazole rings is 1. The highest BCUT2D eigenvalue weighted by Crippen LogP contribution is 2.35. The number of benzene rings is 2. The van der Waals surface area contributed by atoms with Gasteiger partial charge in [-0.3, -0.25) is 4.57 Å². The van der Waals surface area contributed by atoms with Crippen LogP contribution in [0.1, 0.15) is 24.6 Å². The molecule has 1 N–H and O–H groups in total. The van der Waals surface area contributed by atoms with Gasteiger partial charge in [0.25, 0.3) is 5.17 Å². The molecule has 12 heteroatoms. The maximum absolute atomic E-state index is 13.6. The second kappa shape index (κ2) is 10.4. The van der Waals surface area contributed by atoms with Crippen LogP contribution in [0.3, 0.4) is 0 Å². The summed E-state index contributed by atoms with van der Waals surface area (Å²) in [7, 11) is 1.89. The molecule has 0 bridgehead atoms. The van der Waals surface area contributed by atoms with Crippen LogP contribution in [-0.4, -0.2) is 51.2 Å². The van der Waals surface area contributed by atoms with Crippen LogP contribution in [0.5, 0.6) is 11.5 Å². The number of hydrogen-bond acceptors (Lipinski definition) is 9. The quantitative estimate of drug-likeness (QED) is 0.342. The zero-order valence-corrected chi connectivity index (χ0v) is 21.4. The minimum atomic E-state index is -0.269. The molecule has 2 aromatic heterocycles. The number of fused-ring (bicyclic) bond motifs is 2. The molecule has 0 radical (unpaired) electrons. The minimum absolute atomic E-state index is 0.133. The van der Waals surface area contributed by atoms with Gasteiger partial charge in [-0.1, -0.05) is 12.1 Å². The highest BCUT2D eigenvalue weighted by Gasteiger charge is 2.29. The van der Waals surface area contributed by atoms with Crippen LogP contribution < -0.4 is 19.7 Å². The van der Waals surface area contributed by atoms with Gasteiger partial charge < -0.3 is 29.2 Å². The van der Waals surface area contributed by atoms with E-state index in [1.165, 1.54) is 18.5 Å². The van der Waals surface area contributed by atoms with Gasteiger partial charge in [-0.05, 0) is 54.9 Å². The SMILES string of the molecule is CN(Cc1cccc(F)c1)c1ncnc2c1ncn2C1CC[C@@H](COC(=S)Nc2ccc3c(c2)OCO3)O1. The Balaban J connectivity index is 1.07. The van der Waals surface area contributed by atoms with Crippen molar-refractivity contribution in [2.24, 2.45) is 0 Å². The molecule has 2 aromatic carbocycles. The van der Waals surface area contributed by atoms with Gasteiger partial charge in [0.1, 0.15) is 25.0 Å². The van der Waals surface area contributed by atoms with E-state index in [1.807, 2.05) is 40.8 Å². The van der Waals surface area contributed by atoms with Crippen molar-refractivity contribution in [1.82, 2.24) is 19.5 Å². The number of nitrogens with one attached hydrogen (secondary N) is 1. The fourth-order valence-corrected chi connectivity index (χ4v) is 4.81. The molecule has 1 saturated heterocycles. The summed E-state index contributed by atoms with van der Waals surface area (Å²) in [5, 5.41) is 3.31. The van der Waals surface area contributed by atoms with Gasteiger partial charge in [-0.15, -0.1) is 0 Å². The van der Waals surface area contributed by atoms with Gasteiger partial charge in [0.15, 0.2) is 28.5 Å². The highest BCUT2D eigenvalue weighted by molar-refractivity contribution is 7.80. The topological polar surface area (TPSA) is 95.8 Å². The van der Waals surface area contributed by atoms with Crippen LogP contribution in [0.25, 0.3) is 11.2 Å². The first-order valence-electron chi connectivity index (χ1n) is 12.2. The molecule has 0 amide bonds. The Kier molecular flexibility index (Phi) is 6.64. The van der Waals surface area contributed by atoms with Crippen molar-refractivity contribution in [3.8, 4) is 11.5 Å². The van der Waals surface area contributed by atoms with Crippen LogP contribution >= 0.6 is 12.2 Å². The molecule has 0 saturated carbocycles. The monoisotopic (exact) mass is 536 g/mol. The van der Waals surface area contributed by atoms with Crippen LogP contribution in [0.4, 0.5) is 15.9 Å². The second-order valence-electron chi connectivity index (χ2n) is 9.09. The average Bonchev–Trinajstić information content (AvgIpc) is 3.66. The molecule has 6 rings (SSSR count). The Hall–Kier alpha value is -4.03. The van der Waals surface area contributed by atoms with E-state index >= 15 is 0 Å². The molecular weight excluding hydrogens is 511 g/mol. The zero-order chi connectivity index (χ0) is 26.1. The highest BCUT2D eigenvalue weighted by atomic mass is 32.1. The predicted molar refractivity (Wildman–Crippen MR) is 142 cm³/mol. The fraction of sp³-hybridized carbons (Fsp3) is 0.308. The summed E-state index contributed by atoms with van der Waals surface area (Å²) in [5.41, 5.74) is 2.93. The molecule has 2 atom stereocenters. The van der Waals surface area contributed by atoms with Crippen LogP contribution in [0, 0.1) is 5.82 Å². The van der Waals surface area contributed by atoms with Gasteiger partial charge in [0.2, 0.25) is 6.79 Å². The molecule has 4 heterocycles. The van der Waals surface area contributed by atoms with Crippen molar-refractivity contribution in [3.05, 3.63) is 66.5 Å². The number of nitrogens with zero attached hydrogens (tertiary/aromatic N) is 5. The van der Waals surface area contributed by atoms with Crippen LogP contribution in [-0.2, 0) is 16.0 Å². The maximum atomic E-state index is 13.6. The van der Waals surface area contributed by atoms with Gasteiger partial charge in [-0.2, -0.15) is 0 Å². The third-order valence-electron chi connectivity index (χ3n) is 6.42. The number of halogens is 1. The summed E-state index contributed by atoms with van der Waals surface area (Å²) in [5.74, 6) is 1.76. The Morgan fingerprint density at radius 1 is 1.16 bits per heavy atom. The van der Waals surface area contributed by atoms with Crippen molar-refractivity contribution >= 4 is 40.1 Å². The van der Waals surface area contributed by atoms with E-state index in [4.69, 9.17) is 31.2 Å². The molecule has 1 unspecified atom stereocenters. The molecule has 10 nitrogen and oxygen atoms in total. The fourth-order valence-electron chi connectivity index (χ4n) is 4.62. The van der Waals surface area contributed by atoms with Crippen molar-refractivity contribution in [1.29, 1.82) is 0 Å². The minimum Gasteiger partial charge on any atom is -0.468 e. The average molecular weight is 537 g/mol. The normalized spacial score (nSPS) is 18.1. The van der Waals surface area contributed by atoms with E-state index in [-0.39, 0.29) is 30.1 Å². The number of rotatable bonds is 7. The zero-order valence-electron chi connectivity index (χ0n) is 20.5. The number of ether oxygens (including phenoxy) is 4. The largest absolute Gasteiger partial charge is 0.468 e. The van der Waals surface area contributed by atoms with Gasteiger partial charge in [-0.25, -0.2) is 19.3 Å². The molecule has 0 aliphatic carbocycles. The molecule has 2 aliphatic rings. The van der Waals surface area contributed by atoms with Crippen LogP contribution in [0.2, 0.25) is 0 Å². The van der Waals surface area contributed by atoms with Crippen molar-refractivity contribution in [2.75, 3.05) is 30.7 Å². The molecule has 0 spiro atoms. The number of hydrogen-bond donors (Lipinski definition) is 1. The number of aromatic nitrogens is 4. The van der Waals surface area contributed by atoms with Gasteiger partial charge in [0.05, 0.1) is 12.4 Å². The summed E-state index contributed by atoms with van der Waals surface area (Å²) in [6.45, 7) is 1.01. The molecule has 2 aliphatic heterocycles. The maximum Gasteiger partial charge on any atom is 0.261 e. The summed E-state index contributed by atoms with van der Waals surface area (Å²) >= 11 is 5.35. The molecule has 38 heavy (non-hydrogen) atoms. The molecule has 196 valence electrons. The predicted octanol–water partition coefficient (Wildman–Crippen LogP) is 4.42. The Bertz CT molecular complexity index is 1480. The first kappa shape index (κ1) is 24.3. The van der Waals surface area contributed by atoms with E-state index in [0.29, 0.717) is 41.6 Å². The van der Waals surface area contributed by atoms with E-state index in [1.54, 1.807) is 12.4 Å². The third kappa shape index (κ3) is 5.04. The van der Waals surface area contributed by atoms with Crippen molar-refractivity contribution < 1.29 is 23.3 Å². The first-order chi connectivity index (χ1) is 18.5. The van der Waals surface area contributed by atoms with E-state index in [2.05, 4.69) is 20.3 Å². The standard InChI is InChI=1S/C26H25FN6O4S/c1-32(11-16-3-2-4-17(27)9-16)24-23-25(29-13-28-24)33(14-30-23)22-8-6-19(37-22)12-34-26(38)31-18-5-7-20-21(10-18)36-15-35-20/h2-5,7,9-10,13-14,19,22H,6,8,11-12,15H2,1H3,(H,31,38)/t19-,22?/m0/s1. The second-order valence-corrected chi connectivity index (χ2v) is 9.46. The Labute approximate surface area is 223 Å². The summed E-state index contributed by atoms with van der Waals surface area (Å²) < 4.78 is 38.3. The van der Waals surface area contributed by atoms with Gasteiger partial charge >= 0.3 is 0 Å². The lowest BCUT2D eigenvalue weighted by molar-refractivity contribution is -0.0174. The Morgan fingerprint density at radius 3 is 2.95 bits per heavy atom. The lowest BCUT2D eigenvalue weighted by Gasteiger charge is -2.19. The van der Waals surface area contributed by atoms with E-state index < -0.39 is 0 Å². The lowest BCUT2D eigenvalue weighted by atomic mass is 10.2. The van der Waals surface area contributed by atoms with E-state index in [0.717, 1.165) is 24.1 Å². The smallest absolute Gasteiger partial charge is 0.261 e. The molecular formula is C26H25FN6O4S. The van der Waals surface area contributed by atoms with Crippen molar-refractivity contribution in [2.45, 2.75) is 31.7 Å². The Morgan fingerprint density at radius 2 is 2.05 bits per heavy atom. The van der Waals surface area contributed by atoms with E-state index in [9.17, 15) is 4.39 Å². The molecule has 4 aromatic rings. The summed E-state index contributed by atoms with van der Waals surface area (Å²) in [6, 6.07) is 12.0. The van der Waals surface area contributed by atoms with Gasteiger partial charge in [0, 0.05) is 25.3 Å². The number of anilines is 2. The summed E-state index contributed by atoms with van der Waals surface area (Å²) in [4.78, 5) is 15.4. The first-order valence-corrected chi connectivity index (χ1v) is 12.6. The summed E-state index contributed by atoms with van der Waals surface area (Å²) in [6.07, 6.45) is 4.44.